The second kappa shape index (κ2) is 12.6. The van der Waals surface area contributed by atoms with Crippen LogP contribution in [-0.2, 0) is 0 Å². The van der Waals surface area contributed by atoms with Crippen LogP contribution in [0.25, 0.3) is 78.4 Å². The molecule has 0 amide bonds. The van der Waals surface area contributed by atoms with Gasteiger partial charge in [0.15, 0.2) is 17.5 Å². The van der Waals surface area contributed by atoms with Crippen molar-refractivity contribution >= 4 is 21.9 Å². The third-order valence-electron chi connectivity index (χ3n) is 9.30. The van der Waals surface area contributed by atoms with E-state index in [-0.39, 0.29) is 0 Å². The first-order chi connectivity index (χ1) is 24.0. The lowest BCUT2D eigenvalue weighted by atomic mass is 9.84. The van der Waals surface area contributed by atoms with Crippen molar-refractivity contribution in [2.45, 2.75) is 39.5 Å². The maximum atomic E-state index is 6.88. The van der Waals surface area contributed by atoms with Crippen LogP contribution in [0, 0.1) is 0 Å². The predicted molar refractivity (Wildman–Crippen MR) is 202 cm³/mol. The minimum Gasteiger partial charge on any atom is -0.455 e. The SMILES string of the molecule is CC(C)c1cccc(C(C)C)c1-c1cccc(-c2cccc3c2oc2c(-c4nc(-c5ccccc5)nc(-c5ccccc5)n4)cccc23)c1. The van der Waals surface area contributed by atoms with Crippen LogP contribution in [0.4, 0.5) is 0 Å². The van der Waals surface area contributed by atoms with E-state index >= 15 is 0 Å². The molecule has 0 bridgehead atoms. The van der Waals surface area contributed by atoms with E-state index in [1.807, 2.05) is 66.7 Å². The molecular formula is C45H37N3O. The minimum absolute atomic E-state index is 0.412. The summed E-state index contributed by atoms with van der Waals surface area (Å²) in [7, 11) is 0. The topological polar surface area (TPSA) is 51.8 Å². The summed E-state index contributed by atoms with van der Waals surface area (Å²) in [6.07, 6.45) is 0. The molecule has 0 saturated carbocycles. The van der Waals surface area contributed by atoms with Crippen LogP contribution in [0.5, 0.6) is 0 Å². The van der Waals surface area contributed by atoms with Crippen molar-refractivity contribution in [3.05, 3.63) is 151 Å². The van der Waals surface area contributed by atoms with Gasteiger partial charge >= 0.3 is 0 Å². The molecule has 6 aromatic carbocycles. The number of benzene rings is 6. The van der Waals surface area contributed by atoms with E-state index in [9.17, 15) is 0 Å². The molecule has 0 aliphatic carbocycles. The van der Waals surface area contributed by atoms with Crippen LogP contribution >= 0.6 is 0 Å². The highest BCUT2D eigenvalue weighted by molar-refractivity contribution is 6.12. The summed E-state index contributed by atoms with van der Waals surface area (Å²) < 4.78 is 6.88. The second-order valence-corrected chi connectivity index (χ2v) is 13.2. The van der Waals surface area contributed by atoms with Crippen molar-refractivity contribution in [1.29, 1.82) is 0 Å². The summed E-state index contributed by atoms with van der Waals surface area (Å²) in [5.74, 6) is 2.65. The molecule has 4 heteroatoms. The predicted octanol–water partition coefficient (Wildman–Crippen LogP) is 12.4. The fourth-order valence-corrected chi connectivity index (χ4v) is 6.88. The van der Waals surface area contributed by atoms with Gasteiger partial charge in [-0.3, -0.25) is 0 Å². The number of fused-ring (bicyclic) bond motifs is 3. The van der Waals surface area contributed by atoms with Gasteiger partial charge in [-0.25, -0.2) is 15.0 Å². The van der Waals surface area contributed by atoms with Crippen molar-refractivity contribution in [3.63, 3.8) is 0 Å². The van der Waals surface area contributed by atoms with Crippen LogP contribution in [0.2, 0.25) is 0 Å². The third kappa shape index (κ3) is 5.59. The van der Waals surface area contributed by atoms with Gasteiger partial charge in [-0.1, -0.05) is 155 Å². The average molecular weight is 636 g/mol. The zero-order valence-electron chi connectivity index (χ0n) is 28.2. The number of hydrogen-bond donors (Lipinski definition) is 0. The molecule has 2 heterocycles. The largest absolute Gasteiger partial charge is 0.455 e. The smallest absolute Gasteiger partial charge is 0.167 e. The van der Waals surface area contributed by atoms with E-state index in [1.165, 1.54) is 22.3 Å². The number of para-hydroxylation sites is 2. The average Bonchev–Trinajstić information content (AvgIpc) is 3.54. The maximum absolute atomic E-state index is 6.88. The summed E-state index contributed by atoms with van der Waals surface area (Å²) in [5.41, 5.74) is 11.8. The Labute approximate surface area is 287 Å². The molecule has 49 heavy (non-hydrogen) atoms. The molecule has 0 atom stereocenters. The first-order valence-electron chi connectivity index (χ1n) is 17.0. The fraction of sp³-hybridized carbons (Fsp3) is 0.133. The molecule has 0 N–H and O–H groups in total. The number of aromatic nitrogens is 3. The Hall–Kier alpha value is -5.87. The van der Waals surface area contributed by atoms with Crippen molar-refractivity contribution in [1.82, 2.24) is 15.0 Å². The Balaban J connectivity index is 1.31. The van der Waals surface area contributed by atoms with Crippen LogP contribution in [0.3, 0.4) is 0 Å². The van der Waals surface area contributed by atoms with Crippen molar-refractivity contribution in [2.75, 3.05) is 0 Å². The van der Waals surface area contributed by atoms with Crippen LogP contribution < -0.4 is 0 Å². The number of furan rings is 1. The lowest BCUT2D eigenvalue weighted by molar-refractivity contribution is 0.670. The van der Waals surface area contributed by atoms with E-state index in [2.05, 4.69) is 100 Å². The molecular weight excluding hydrogens is 599 g/mol. The first kappa shape index (κ1) is 30.5. The highest BCUT2D eigenvalue weighted by Gasteiger charge is 2.20. The van der Waals surface area contributed by atoms with Gasteiger partial charge in [0.1, 0.15) is 11.2 Å². The lowest BCUT2D eigenvalue weighted by Gasteiger charge is -2.20. The molecule has 2 aromatic heterocycles. The van der Waals surface area contributed by atoms with Crippen molar-refractivity contribution in [2.24, 2.45) is 0 Å². The van der Waals surface area contributed by atoms with Crippen molar-refractivity contribution < 1.29 is 4.42 Å². The van der Waals surface area contributed by atoms with Gasteiger partial charge in [0.25, 0.3) is 0 Å². The summed E-state index contributed by atoms with van der Waals surface area (Å²) in [6.45, 7) is 9.10. The second-order valence-electron chi connectivity index (χ2n) is 13.2. The molecule has 0 unspecified atom stereocenters. The Bertz CT molecular complexity index is 2360. The normalized spacial score (nSPS) is 11.6. The first-order valence-corrected chi connectivity index (χ1v) is 17.0. The van der Waals surface area contributed by atoms with Gasteiger partial charge in [-0.15, -0.1) is 0 Å². The highest BCUT2D eigenvalue weighted by atomic mass is 16.3. The summed E-state index contributed by atoms with van der Waals surface area (Å²) in [5, 5.41) is 2.09. The van der Waals surface area contributed by atoms with Gasteiger partial charge in [-0.05, 0) is 51.8 Å². The van der Waals surface area contributed by atoms with Crippen molar-refractivity contribution in [3.8, 4) is 56.4 Å². The fourth-order valence-electron chi connectivity index (χ4n) is 6.88. The summed E-state index contributed by atoms with van der Waals surface area (Å²) >= 11 is 0. The van der Waals surface area contributed by atoms with E-state index < -0.39 is 0 Å². The van der Waals surface area contributed by atoms with Gasteiger partial charge in [0.2, 0.25) is 0 Å². The molecule has 0 aliphatic heterocycles. The lowest BCUT2D eigenvalue weighted by Crippen LogP contribution is -2.00. The van der Waals surface area contributed by atoms with Gasteiger partial charge in [0, 0.05) is 27.5 Å². The van der Waals surface area contributed by atoms with Gasteiger partial charge in [0.05, 0.1) is 5.56 Å². The molecule has 0 saturated heterocycles. The molecule has 8 rings (SSSR count). The zero-order valence-corrected chi connectivity index (χ0v) is 28.2. The van der Waals surface area contributed by atoms with E-state index in [4.69, 9.17) is 19.4 Å². The summed E-state index contributed by atoms with van der Waals surface area (Å²) in [4.78, 5) is 14.9. The van der Waals surface area contributed by atoms with Crippen LogP contribution in [0.15, 0.2) is 144 Å². The Morgan fingerprint density at radius 2 is 0.857 bits per heavy atom. The third-order valence-corrected chi connectivity index (χ3v) is 9.30. The molecule has 8 aromatic rings. The zero-order chi connectivity index (χ0) is 33.5. The standard InChI is InChI=1S/C45H37N3O/c1-28(2)34-21-12-22-35(29(3)4)40(34)33-20-11-19-32(27-33)36-23-13-24-37-38-25-14-26-39(42(38)49-41(36)37)45-47-43(30-15-7-5-8-16-30)46-44(48-45)31-17-9-6-10-18-31/h5-29H,1-4H3. The van der Waals surface area contributed by atoms with Crippen LogP contribution in [-0.4, -0.2) is 15.0 Å². The molecule has 0 fully saturated rings. The van der Waals surface area contributed by atoms with E-state index in [0.29, 0.717) is 29.3 Å². The Morgan fingerprint density at radius 1 is 0.408 bits per heavy atom. The maximum Gasteiger partial charge on any atom is 0.167 e. The molecule has 0 spiro atoms. The molecule has 4 nitrogen and oxygen atoms in total. The molecule has 0 aliphatic rings. The van der Waals surface area contributed by atoms with E-state index in [0.717, 1.165) is 49.8 Å². The molecule has 0 radical (unpaired) electrons. The Kier molecular flexibility index (Phi) is 7.85. The number of hydrogen-bond acceptors (Lipinski definition) is 4. The van der Waals surface area contributed by atoms with Gasteiger partial charge < -0.3 is 4.42 Å². The van der Waals surface area contributed by atoms with Crippen LogP contribution in [0.1, 0.15) is 50.7 Å². The van der Waals surface area contributed by atoms with Gasteiger partial charge in [-0.2, -0.15) is 0 Å². The minimum atomic E-state index is 0.412. The molecule has 238 valence electrons. The summed E-state index contributed by atoms with van der Waals surface area (Å²) in [6, 6.07) is 48.4. The quantitative estimate of drug-likeness (QED) is 0.175. The Morgan fingerprint density at radius 3 is 1.43 bits per heavy atom. The number of nitrogens with zero attached hydrogens (tertiary/aromatic N) is 3. The number of rotatable bonds is 7. The van der Waals surface area contributed by atoms with E-state index in [1.54, 1.807) is 0 Å². The monoisotopic (exact) mass is 635 g/mol. The highest BCUT2D eigenvalue weighted by Crippen LogP contribution is 2.42.